The van der Waals surface area contributed by atoms with Gasteiger partial charge in [0.25, 0.3) is 11.8 Å². The maximum Gasteiger partial charge on any atom is 0.277 e. The highest BCUT2D eigenvalue weighted by Crippen LogP contribution is 2.22. The average Bonchev–Trinajstić information content (AvgIpc) is 2.88. The third-order valence-corrected chi connectivity index (χ3v) is 5.24. The Labute approximate surface area is 189 Å². The summed E-state index contributed by atoms with van der Waals surface area (Å²) in [4.78, 5) is 41.0. The van der Waals surface area contributed by atoms with Crippen molar-refractivity contribution < 1.29 is 19.2 Å². The molecule has 3 heterocycles. The van der Waals surface area contributed by atoms with Gasteiger partial charge in [-0.2, -0.15) is 0 Å². The predicted molar refractivity (Wildman–Crippen MR) is 119 cm³/mol. The Kier molecular flexibility index (Phi) is 6.65. The van der Waals surface area contributed by atoms with Crippen molar-refractivity contribution in [3.05, 3.63) is 83.7 Å². The van der Waals surface area contributed by atoms with Crippen LogP contribution in [0.3, 0.4) is 0 Å². The lowest BCUT2D eigenvalue weighted by molar-refractivity contribution is -0.125. The Morgan fingerprint density at radius 3 is 2.27 bits per heavy atom. The number of piperazine rings is 1. The van der Waals surface area contributed by atoms with Gasteiger partial charge in [0.05, 0.1) is 5.56 Å². The largest absolute Gasteiger partial charge is 0.337 e. The first-order valence-electron chi connectivity index (χ1n) is 10.2. The molecular formula is C23H21FN6O3. The number of nitrogens with zero attached hydrogens (tertiary/aromatic N) is 5. The summed E-state index contributed by atoms with van der Waals surface area (Å²) < 4.78 is 13.3. The molecule has 2 amide bonds. The maximum atomic E-state index is 13.4. The number of rotatable bonds is 5. The molecule has 2 N–H and O–H groups in total. The fraction of sp³-hybridized carbons (Fsp3) is 0.174. The van der Waals surface area contributed by atoms with Crippen LogP contribution in [0.15, 0.2) is 61.2 Å². The van der Waals surface area contributed by atoms with Crippen molar-refractivity contribution in [3.63, 3.8) is 0 Å². The molecule has 1 saturated heterocycles. The second kappa shape index (κ2) is 9.96. The van der Waals surface area contributed by atoms with Crippen LogP contribution in [0.2, 0.25) is 0 Å². The van der Waals surface area contributed by atoms with Crippen molar-refractivity contribution in [2.45, 2.75) is 0 Å². The molecule has 0 atom stereocenters. The zero-order chi connectivity index (χ0) is 23.2. The zero-order valence-corrected chi connectivity index (χ0v) is 17.6. The number of carbonyl (C=O) groups excluding carboxylic acids is 2. The summed E-state index contributed by atoms with van der Waals surface area (Å²) in [6.45, 7) is 1.91. The number of hydrogen-bond donors (Lipinski definition) is 2. The van der Waals surface area contributed by atoms with E-state index in [-0.39, 0.29) is 17.3 Å². The summed E-state index contributed by atoms with van der Waals surface area (Å²) in [5.41, 5.74) is 3.54. The van der Waals surface area contributed by atoms with E-state index < -0.39 is 5.91 Å². The quantitative estimate of drug-likeness (QED) is 0.349. The Morgan fingerprint density at radius 1 is 0.970 bits per heavy atom. The zero-order valence-electron chi connectivity index (χ0n) is 17.6. The molecule has 0 radical (unpaired) electrons. The smallest absolute Gasteiger partial charge is 0.277 e. The van der Waals surface area contributed by atoms with Crippen molar-refractivity contribution in [2.75, 3.05) is 31.1 Å². The number of hydroxylamine groups is 1. The lowest BCUT2D eigenvalue weighted by Gasteiger charge is -2.35. The van der Waals surface area contributed by atoms with Gasteiger partial charge in [-0.25, -0.2) is 19.8 Å². The number of pyridine rings is 1. The van der Waals surface area contributed by atoms with Gasteiger partial charge < -0.3 is 9.80 Å². The van der Waals surface area contributed by atoms with E-state index in [4.69, 9.17) is 5.21 Å². The van der Waals surface area contributed by atoms with E-state index >= 15 is 0 Å². The Balaban J connectivity index is 1.49. The molecule has 1 aliphatic rings. The van der Waals surface area contributed by atoms with E-state index in [0.717, 1.165) is 0 Å². The van der Waals surface area contributed by atoms with Crippen molar-refractivity contribution in [2.24, 2.45) is 0 Å². The monoisotopic (exact) mass is 448 g/mol. The minimum Gasteiger partial charge on any atom is -0.337 e. The van der Waals surface area contributed by atoms with Gasteiger partial charge >= 0.3 is 0 Å². The predicted octanol–water partition coefficient (Wildman–Crippen LogP) is 2.02. The van der Waals surface area contributed by atoms with Crippen LogP contribution in [-0.4, -0.2) is 63.1 Å². The van der Waals surface area contributed by atoms with Crippen LogP contribution in [0, 0.1) is 5.82 Å². The molecule has 1 aliphatic heterocycles. The van der Waals surface area contributed by atoms with Gasteiger partial charge in [-0.1, -0.05) is 18.2 Å². The first-order valence-corrected chi connectivity index (χ1v) is 10.2. The average molecular weight is 448 g/mol. The number of halogens is 1. The molecule has 1 aromatic carbocycles. The van der Waals surface area contributed by atoms with Crippen molar-refractivity contribution in [1.82, 2.24) is 25.3 Å². The van der Waals surface area contributed by atoms with E-state index in [1.54, 1.807) is 41.6 Å². The van der Waals surface area contributed by atoms with Gasteiger partial charge in [0.2, 0.25) is 5.95 Å². The standard InChI is InChI=1S/C23H21FN6O3/c24-19-5-3-16(4-6-19)12-20(17-2-1-7-25-13-17)22(32)29-8-10-30(11-9-29)23-26-14-18(15-27-23)21(31)28-33/h1-7,12-15,33H,8-11H2,(H,28,31). The third-order valence-electron chi connectivity index (χ3n) is 5.24. The van der Waals surface area contributed by atoms with Gasteiger partial charge in [-0.05, 0) is 29.8 Å². The van der Waals surface area contributed by atoms with Crippen LogP contribution >= 0.6 is 0 Å². The number of amides is 2. The third kappa shape index (κ3) is 5.18. The topological polar surface area (TPSA) is 112 Å². The molecule has 0 aliphatic carbocycles. The normalized spacial score (nSPS) is 14.2. The summed E-state index contributed by atoms with van der Waals surface area (Å²) in [7, 11) is 0. The molecule has 0 spiro atoms. The minimum absolute atomic E-state index is 0.141. The Hall–Kier alpha value is -4.18. The molecule has 3 aromatic rings. The SMILES string of the molecule is O=C(NO)c1cnc(N2CCN(C(=O)C(=Cc3ccc(F)cc3)c3cccnc3)CC2)nc1. The van der Waals surface area contributed by atoms with Gasteiger partial charge in [0.15, 0.2) is 0 Å². The number of aromatic nitrogens is 3. The molecule has 2 aromatic heterocycles. The molecule has 4 rings (SSSR count). The number of nitrogens with one attached hydrogen (secondary N) is 1. The number of anilines is 1. The fourth-order valence-electron chi connectivity index (χ4n) is 3.46. The van der Waals surface area contributed by atoms with Crippen molar-refractivity contribution in [1.29, 1.82) is 0 Å². The molecule has 33 heavy (non-hydrogen) atoms. The molecule has 1 fully saturated rings. The fourth-order valence-corrected chi connectivity index (χ4v) is 3.46. The molecule has 10 heteroatoms. The second-order valence-corrected chi connectivity index (χ2v) is 7.34. The van der Waals surface area contributed by atoms with Crippen LogP contribution in [-0.2, 0) is 4.79 Å². The minimum atomic E-state index is -0.687. The van der Waals surface area contributed by atoms with Crippen LogP contribution in [0.5, 0.6) is 0 Å². The lowest BCUT2D eigenvalue weighted by atomic mass is 10.0. The lowest BCUT2D eigenvalue weighted by Crippen LogP contribution is -2.49. The van der Waals surface area contributed by atoms with E-state index in [9.17, 15) is 14.0 Å². The van der Waals surface area contributed by atoms with Crippen LogP contribution in [0.25, 0.3) is 11.6 Å². The first-order chi connectivity index (χ1) is 16.0. The van der Waals surface area contributed by atoms with Gasteiger partial charge in [-0.3, -0.25) is 19.8 Å². The Morgan fingerprint density at radius 2 is 1.67 bits per heavy atom. The number of carbonyl (C=O) groups is 2. The molecule has 0 unspecified atom stereocenters. The number of hydrogen-bond acceptors (Lipinski definition) is 7. The first kappa shape index (κ1) is 22.0. The van der Waals surface area contributed by atoms with Crippen molar-refractivity contribution >= 4 is 29.4 Å². The van der Waals surface area contributed by atoms with E-state index in [1.165, 1.54) is 30.0 Å². The van der Waals surface area contributed by atoms with Gasteiger partial charge in [-0.15, -0.1) is 0 Å². The molecule has 0 bridgehead atoms. The molecule has 0 saturated carbocycles. The summed E-state index contributed by atoms with van der Waals surface area (Å²) in [5.74, 6) is -0.744. The highest BCUT2D eigenvalue weighted by atomic mass is 19.1. The van der Waals surface area contributed by atoms with E-state index in [1.807, 2.05) is 11.0 Å². The van der Waals surface area contributed by atoms with E-state index in [2.05, 4.69) is 15.0 Å². The van der Waals surface area contributed by atoms with Crippen LogP contribution in [0.4, 0.5) is 10.3 Å². The van der Waals surface area contributed by atoms with Gasteiger partial charge in [0.1, 0.15) is 5.82 Å². The Bertz CT molecular complexity index is 1150. The summed E-state index contributed by atoms with van der Waals surface area (Å²) >= 11 is 0. The summed E-state index contributed by atoms with van der Waals surface area (Å²) in [5, 5.41) is 8.69. The second-order valence-electron chi connectivity index (χ2n) is 7.34. The van der Waals surface area contributed by atoms with E-state index in [0.29, 0.717) is 48.8 Å². The summed E-state index contributed by atoms with van der Waals surface area (Å²) in [6, 6.07) is 9.52. The molecule has 9 nitrogen and oxygen atoms in total. The van der Waals surface area contributed by atoms with Crippen LogP contribution < -0.4 is 10.4 Å². The summed E-state index contributed by atoms with van der Waals surface area (Å²) in [6.07, 6.45) is 7.66. The van der Waals surface area contributed by atoms with Crippen LogP contribution in [0.1, 0.15) is 21.5 Å². The maximum absolute atomic E-state index is 13.4. The van der Waals surface area contributed by atoms with Crippen molar-refractivity contribution in [3.8, 4) is 0 Å². The molecular weight excluding hydrogens is 427 g/mol. The highest BCUT2D eigenvalue weighted by Gasteiger charge is 2.25. The number of benzene rings is 1. The van der Waals surface area contributed by atoms with Gasteiger partial charge in [0, 0.05) is 62.1 Å². The highest BCUT2D eigenvalue weighted by molar-refractivity contribution is 6.24. The molecule has 168 valence electrons.